The van der Waals surface area contributed by atoms with Gasteiger partial charge in [-0.15, -0.1) is 0 Å². The number of benzene rings is 2. The molecule has 0 spiro atoms. The van der Waals surface area contributed by atoms with Crippen LogP contribution < -0.4 is 9.47 Å². The quantitative estimate of drug-likeness (QED) is 0.718. The molecule has 156 valence electrons. The lowest BCUT2D eigenvalue weighted by molar-refractivity contribution is -0.134. The Labute approximate surface area is 184 Å². The number of carbonyl (C=O) groups excluding carboxylic acids is 2. The highest BCUT2D eigenvalue weighted by Gasteiger charge is 2.46. The predicted molar refractivity (Wildman–Crippen MR) is 112 cm³/mol. The number of rotatable bonds is 3. The number of ether oxygens (including phenoxy) is 2. The van der Waals surface area contributed by atoms with Gasteiger partial charge in [-0.05, 0) is 48.2 Å². The molecule has 0 bridgehead atoms. The standard InChI is InChI=1S/C22H20Cl2N2O4/c23-14-2-3-15(18(24)10-14)21(27)25-5-7-26(8-6-25)22(28)17-11-16(17)13-1-4-19-20(9-13)30-12-29-19/h1-4,9-10,16-17H,5-8,11-12H2. The smallest absolute Gasteiger partial charge is 0.255 e. The monoisotopic (exact) mass is 446 g/mol. The minimum absolute atomic E-state index is 0.00154. The van der Waals surface area contributed by atoms with Gasteiger partial charge in [0.1, 0.15) is 0 Å². The van der Waals surface area contributed by atoms with Crippen LogP contribution in [-0.2, 0) is 4.79 Å². The summed E-state index contributed by atoms with van der Waals surface area (Å²) in [7, 11) is 0. The van der Waals surface area contributed by atoms with Crippen molar-refractivity contribution < 1.29 is 19.1 Å². The van der Waals surface area contributed by atoms with Crippen LogP contribution in [0.3, 0.4) is 0 Å². The van der Waals surface area contributed by atoms with Crippen molar-refractivity contribution in [3.8, 4) is 11.5 Å². The molecule has 0 aromatic heterocycles. The zero-order chi connectivity index (χ0) is 20.8. The van der Waals surface area contributed by atoms with E-state index in [-0.39, 0.29) is 30.4 Å². The summed E-state index contributed by atoms with van der Waals surface area (Å²) in [5.41, 5.74) is 1.55. The molecular weight excluding hydrogens is 427 g/mol. The Morgan fingerprint density at radius 1 is 0.900 bits per heavy atom. The van der Waals surface area contributed by atoms with Gasteiger partial charge in [-0.1, -0.05) is 29.3 Å². The van der Waals surface area contributed by atoms with Crippen molar-refractivity contribution >= 4 is 35.0 Å². The van der Waals surface area contributed by atoms with E-state index >= 15 is 0 Å². The Bertz CT molecular complexity index is 1020. The third-order valence-corrected chi connectivity index (χ3v) is 6.52. The number of hydrogen-bond donors (Lipinski definition) is 0. The second-order valence-electron chi connectivity index (χ2n) is 7.80. The van der Waals surface area contributed by atoms with Crippen molar-refractivity contribution in [2.75, 3.05) is 33.0 Å². The minimum atomic E-state index is -0.131. The lowest BCUT2D eigenvalue weighted by Crippen LogP contribution is -2.51. The number of fused-ring (bicyclic) bond motifs is 1. The maximum absolute atomic E-state index is 12.9. The number of halogens is 2. The van der Waals surface area contributed by atoms with Crippen LogP contribution in [0, 0.1) is 5.92 Å². The van der Waals surface area contributed by atoms with E-state index in [1.807, 2.05) is 23.1 Å². The minimum Gasteiger partial charge on any atom is -0.454 e. The number of amides is 2. The van der Waals surface area contributed by atoms with Crippen LogP contribution in [0.25, 0.3) is 0 Å². The van der Waals surface area contributed by atoms with Gasteiger partial charge in [0.2, 0.25) is 12.7 Å². The van der Waals surface area contributed by atoms with E-state index in [2.05, 4.69) is 0 Å². The van der Waals surface area contributed by atoms with Gasteiger partial charge < -0.3 is 19.3 Å². The Balaban J connectivity index is 1.18. The van der Waals surface area contributed by atoms with Crippen LogP contribution in [0.4, 0.5) is 0 Å². The molecule has 2 aromatic carbocycles. The molecule has 6 nitrogen and oxygen atoms in total. The second-order valence-corrected chi connectivity index (χ2v) is 8.65. The summed E-state index contributed by atoms with van der Waals surface area (Å²) in [6.45, 7) is 2.28. The summed E-state index contributed by atoms with van der Waals surface area (Å²) in [6, 6.07) is 10.8. The SMILES string of the molecule is O=C(c1ccc(Cl)cc1Cl)N1CCN(C(=O)C2CC2c2ccc3c(c2)OCO3)CC1. The van der Waals surface area contributed by atoms with E-state index < -0.39 is 0 Å². The van der Waals surface area contributed by atoms with Crippen molar-refractivity contribution in [1.82, 2.24) is 9.80 Å². The van der Waals surface area contributed by atoms with Gasteiger partial charge in [0.25, 0.3) is 5.91 Å². The van der Waals surface area contributed by atoms with Gasteiger partial charge in [0.15, 0.2) is 11.5 Å². The molecular formula is C22H20Cl2N2O4. The lowest BCUT2D eigenvalue weighted by Gasteiger charge is -2.35. The van der Waals surface area contributed by atoms with Gasteiger partial charge in [-0.25, -0.2) is 0 Å². The molecule has 8 heteroatoms. The normalized spacial score (nSPS) is 22.2. The Morgan fingerprint density at radius 2 is 1.63 bits per heavy atom. The zero-order valence-electron chi connectivity index (χ0n) is 16.1. The van der Waals surface area contributed by atoms with E-state index in [1.54, 1.807) is 23.1 Å². The summed E-state index contributed by atoms with van der Waals surface area (Å²) in [5, 5.41) is 0.837. The lowest BCUT2D eigenvalue weighted by atomic mass is 10.1. The summed E-state index contributed by atoms with van der Waals surface area (Å²) in [6.07, 6.45) is 0.845. The first-order chi connectivity index (χ1) is 14.5. The largest absolute Gasteiger partial charge is 0.454 e. The van der Waals surface area contributed by atoms with Gasteiger partial charge in [-0.3, -0.25) is 9.59 Å². The van der Waals surface area contributed by atoms with Crippen molar-refractivity contribution in [3.05, 3.63) is 57.6 Å². The van der Waals surface area contributed by atoms with Crippen LogP contribution >= 0.6 is 23.2 Å². The van der Waals surface area contributed by atoms with Gasteiger partial charge in [-0.2, -0.15) is 0 Å². The fourth-order valence-corrected chi connectivity index (χ4v) is 4.67. The highest BCUT2D eigenvalue weighted by Crippen LogP contribution is 2.50. The van der Waals surface area contributed by atoms with Crippen LogP contribution in [0.15, 0.2) is 36.4 Å². The molecule has 5 rings (SSSR count). The Kier molecular flexibility index (Phi) is 4.99. The first kappa shape index (κ1) is 19.5. The maximum Gasteiger partial charge on any atom is 0.255 e. The number of nitrogens with zero attached hydrogens (tertiary/aromatic N) is 2. The molecule has 2 fully saturated rings. The van der Waals surface area contributed by atoms with Crippen molar-refractivity contribution in [1.29, 1.82) is 0 Å². The number of carbonyl (C=O) groups is 2. The van der Waals surface area contributed by atoms with E-state index in [4.69, 9.17) is 32.7 Å². The van der Waals surface area contributed by atoms with Crippen LogP contribution in [0.2, 0.25) is 10.0 Å². The second kappa shape index (κ2) is 7.67. The molecule has 30 heavy (non-hydrogen) atoms. The van der Waals surface area contributed by atoms with E-state index in [0.29, 0.717) is 41.8 Å². The summed E-state index contributed by atoms with van der Waals surface area (Å²) in [5.74, 6) is 1.75. The van der Waals surface area contributed by atoms with Crippen molar-refractivity contribution in [2.45, 2.75) is 12.3 Å². The van der Waals surface area contributed by atoms with E-state index in [0.717, 1.165) is 23.5 Å². The number of hydrogen-bond acceptors (Lipinski definition) is 4. The number of piperazine rings is 1. The molecule has 1 saturated carbocycles. The topological polar surface area (TPSA) is 59.1 Å². The first-order valence-corrected chi connectivity index (χ1v) is 10.7. The Morgan fingerprint density at radius 3 is 2.40 bits per heavy atom. The highest BCUT2D eigenvalue weighted by atomic mass is 35.5. The highest BCUT2D eigenvalue weighted by molar-refractivity contribution is 6.36. The van der Waals surface area contributed by atoms with Crippen molar-refractivity contribution in [2.24, 2.45) is 5.92 Å². The predicted octanol–water partition coefficient (Wildman–Crippen LogP) is 3.81. The maximum atomic E-state index is 12.9. The van der Waals surface area contributed by atoms with Crippen LogP contribution in [-0.4, -0.2) is 54.6 Å². The molecule has 2 heterocycles. The fraction of sp³-hybridized carbons (Fsp3) is 0.364. The summed E-state index contributed by atoms with van der Waals surface area (Å²) >= 11 is 12.1. The summed E-state index contributed by atoms with van der Waals surface area (Å²) < 4.78 is 10.8. The van der Waals surface area contributed by atoms with Crippen molar-refractivity contribution in [3.63, 3.8) is 0 Å². The molecule has 1 saturated heterocycles. The average Bonchev–Trinajstić information content (AvgIpc) is 3.41. The molecule has 2 aliphatic heterocycles. The first-order valence-electron chi connectivity index (χ1n) is 9.94. The summed E-state index contributed by atoms with van der Waals surface area (Å²) in [4.78, 5) is 29.3. The fourth-order valence-electron chi connectivity index (χ4n) is 4.18. The molecule has 2 amide bonds. The molecule has 2 atom stereocenters. The molecule has 0 N–H and O–H groups in total. The van der Waals surface area contributed by atoms with Crippen LogP contribution in [0.1, 0.15) is 28.3 Å². The Hall–Kier alpha value is -2.44. The van der Waals surface area contributed by atoms with Gasteiger partial charge in [0.05, 0.1) is 10.6 Å². The van der Waals surface area contributed by atoms with Gasteiger partial charge >= 0.3 is 0 Å². The molecule has 3 aliphatic rings. The van der Waals surface area contributed by atoms with Gasteiger partial charge in [0, 0.05) is 37.1 Å². The zero-order valence-corrected chi connectivity index (χ0v) is 17.7. The average molecular weight is 447 g/mol. The third-order valence-electron chi connectivity index (χ3n) is 5.97. The van der Waals surface area contributed by atoms with Crippen LogP contribution in [0.5, 0.6) is 11.5 Å². The van der Waals surface area contributed by atoms with E-state index in [9.17, 15) is 9.59 Å². The molecule has 1 aliphatic carbocycles. The molecule has 2 aromatic rings. The third kappa shape index (κ3) is 3.59. The molecule has 2 unspecified atom stereocenters. The molecule has 0 radical (unpaired) electrons. The van der Waals surface area contributed by atoms with E-state index in [1.165, 1.54) is 0 Å².